The lowest BCUT2D eigenvalue weighted by atomic mass is 9.66. The molecule has 3 aliphatic rings. The zero-order valence-corrected chi connectivity index (χ0v) is 28.8. The SMILES string of the molecule is C=C(/C=C\C=C/C)C1=CC=C(c2ccccc2C2CC(C3=CCCC=C3)CC(c3ccccc3-c3ccc(-c4ccccn4)cc3)C2)CC1. The first-order valence-electron chi connectivity index (χ1n) is 18.1. The Hall–Kier alpha value is -5.01. The number of nitrogens with zero attached hydrogens (tertiary/aromatic N) is 1. The lowest BCUT2D eigenvalue weighted by molar-refractivity contribution is 0.323. The summed E-state index contributed by atoms with van der Waals surface area (Å²) in [6.07, 6.45) is 30.1. The van der Waals surface area contributed by atoms with Gasteiger partial charge in [-0.2, -0.15) is 0 Å². The van der Waals surface area contributed by atoms with Crippen LogP contribution in [0.4, 0.5) is 0 Å². The van der Waals surface area contributed by atoms with Crippen LogP contribution >= 0.6 is 0 Å². The van der Waals surface area contributed by atoms with E-state index in [1.165, 1.54) is 51.8 Å². The van der Waals surface area contributed by atoms with Crippen molar-refractivity contribution in [3.63, 3.8) is 0 Å². The van der Waals surface area contributed by atoms with Gasteiger partial charge in [0.15, 0.2) is 0 Å². The molecule has 3 aliphatic carbocycles. The lowest BCUT2D eigenvalue weighted by Gasteiger charge is -2.38. The van der Waals surface area contributed by atoms with Crippen LogP contribution in [0.15, 0.2) is 175 Å². The molecular weight excluding hydrogens is 591 g/mol. The van der Waals surface area contributed by atoms with Crippen LogP contribution in [-0.2, 0) is 0 Å². The first-order chi connectivity index (χ1) is 24.2. The molecule has 1 fully saturated rings. The fraction of sp³-hybridized carbons (Fsp3) is 0.229. The minimum absolute atomic E-state index is 0.471. The summed E-state index contributed by atoms with van der Waals surface area (Å²) in [5.74, 6) is 1.51. The quantitative estimate of drug-likeness (QED) is 0.166. The number of aromatic nitrogens is 1. The molecule has 1 nitrogen and oxygen atoms in total. The number of hydrogen-bond donors (Lipinski definition) is 0. The third-order valence-electron chi connectivity index (χ3n) is 10.7. The molecule has 0 aliphatic heterocycles. The molecule has 3 aromatic carbocycles. The summed E-state index contributed by atoms with van der Waals surface area (Å²) in [4.78, 5) is 4.57. The number of rotatable bonds is 9. The summed E-state index contributed by atoms with van der Waals surface area (Å²) in [6.45, 7) is 6.39. The van der Waals surface area contributed by atoms with Crippen molar-refractivity contribution in [2.45, 2.75) is 63.7 Å². The van der Waals surface area contributed by atoms with E-state index >= 15 is 0 Å². The minimum Gasteiger partial charge on any atom is -0.256 e. The Morgan fingerprint density at radius 1 is 0.694 bits per heavy atom. The molecule has 1 heterocycles. The largest absolute Gasteiger partial charge is 0.256 e. The van der Waals surface area contributed by atoms with Crippen LogP contribution in [0.2, 0.25) is 0 Å². The van der Waals surface area contributed by atoms with E-state index in [0.717, 1.165) is 48.9 Å². The molecule has 0 N–H and O–H groups in total. The Labute approximate surface area is 293 Å². The monoisotopic (exact) mass is 637 g/mol. The molecule has 3 unspecified atom stereocenters. The van der Waals surface area contributed by atoms with Crippen LogP contribution in [0, 0.1) is 5.92 Å². The van der Waals surface area contributed by atoms with Crippen molar-refractivity contribution in [1.82, 2.24) is 4.98 Å². The Morgan fingerprint density at radius 2 is 1.39 bits per heavy atom. The van der Waals surface area contributed by atoms with Crippen molar-refractivity contribution in [1.29, 1.82) is 0 Å². The van der Waals surface area contributed by atoms with E-state index in [-0.39, 0.29) is 0 Å². The summed E-state index contributed by atoms with van der Waals surface area (Å²) in [5.41, 5.74) is 14.7. The second kappa shape index (κ2) is 15.5. The highest BCUT2D eigenvalue weighted by molar-refractivity contribution is 5.74. The van der Waals surface area contributed by atoms with E-state index in [4.69, 9.17) is 0 Å². The first kappa shape index (κ1) is 32.5. The average Bonchev–Trinajstić information content (AvgIpc) is 3.18. The Bertz CT molecular complexity index is 1960. The maximum absolute atomic E-state index is 4.57. The maximum atomic E-state index is 4.57. The Balaban J connectivity index is 1.21. The topological polar surface area (TPSA) is 12.9 Å². The van der Waals surface area contributed by atoms with Gasteiger partial charge in [-0.1, -0.05) is 140 Å². The highest BCUT2D eigenvalue weighted by atomic mass is 14.7. The molecule has 3 atom stereocenters. The maximum Gasteiger partial charge on any atom is 0.0701 e. The average molecular weight is 638 g/mol. The third-order valence-corrected chi connectivity index (χ3v) is 10.7. The molecule has 4 aromatic rings. The summed E-state index contributed by atoms with van der Waals surface area (Å²) in [6, 6.07) is 33.6. The number of pyridine rings is 1. The van der Waals surface area contributed by atoms with Crippen LogP contribution < -0.4 is 0 Å². The molecule has 49 heavy (non-hydrogen) atoms. The second-order valence-electron chi connectivity index (χ2n) is 13.7. The molecular formula is C48H47N. The summed E-state index contributed by atoms with van der Waals surface area (Å²) in [7, 11) is 0. The van der Waals surface area contributed by atoms with Gasteiger partial charge in [-0.3, -0.25) is 4.98 Å². The van der Waals surface area contributed by atoms with E-state index in [2.05, 4.69) is 151 Å². The van der Waals surface area contributed by atoms with Crippen molar-refractivity contribution in [2.24, 2.45) is 5.92 Å². The Kier molecular flexibility index (Phi) is 10.3. The molecule has 0 spiro atoms. The fourth-order valence-electron chi connectivity index (χ4n) is 8.17. The smallest absolute Gasteiger partial charge is 0.0701 e. The van der Waals surface area contributed by atoms with E-state index in [1.807, 2.05) is 19.2 Å². The van der Waals surface area contributed by atoms with Gasteiger partial charge in [0.2, 0.25) is 0 Å². The van der Waals surface area contributed by atoms with Gasteiger partial charge in [0, 0.05) is 11.8 Å². The lowest BCUT2D eigenvalue weighted by Crippen LogP contribution is -2.23. The number of allylic oxidation sites excluding steroid dienone is 13. The molecule has 7 rings (SSSR count). The zero-order valence-electron chi connectivity index (χ0n) is 28.8. The van der Waals surface area contributed by atoms with Crippen molar-refractivity contribution in [3.8, 4) is 22.4 Å². The van der Waals surface area contributed by atoms with Gasteiger partial charge >= 0.3 is 0 Å². The first-order valence-corrected chi connectivity index (χ1v) is 18.1. The minimum atomic E-state index is 0.471. The van der Waals surface area contributed by atoms with Crippen LogP contribution in [-0.4, -0.2) is 4.98 Å². The van der Waals surface area contributed by atoms with Crippen molar-refractivity contribution < 1.29 is 0 Å². The van der Waals surface area contributed by atoms with E-state index in [1.54, 1.807) is 5.57 Å². The molecule has 0 bridgehead atoms. The van der Waals surface area contributed by atoms with Crippen molar-refractivity contribution in [2.75, 3.05) is 0 Å². The standard InChI is InChI=1S/C48H47N/c1-3-4-6-15-35(2)36-23-25-38(26-24-36)44-18-9-11-20-46(44)42-32-41(37-16-7-5-8-17-37)33-43(34-42)47-21-12-10-19-45(47)39-27-29-40(30-28-39)48-22-13-14-31-49-48/h3-4,6-7,9-23,25,27-31,41-43H,2,5,8,24,26,32-34H2,1H3/b4-3-,15-6-. The Morgan fingerprint density at radius 3 is 2.06 bits per heavy atom. The van der Waals surface area contributed by atoms with Gasteiger partial charge in [0.25, 0.3) is 0 Å². The highest BCUT2D eigenvalue weighted by Crippen LogP contribution is 2.50. The summed E-state index contributed by atoms with van der Waals surface area (Å²) in [5, 5.41) is 0. The zero-order chi connectivity index (χ0) is 33.4. The van der Waals surface area contributed by atoms with E-state index < -0.39 is 0 Å². The van der Waals surface area contributed by atoms with Gasteiger partial charge in [0.05, 0.1) is 5.69 Å². The number of benzene rings is 3. The van der Waals surface area contributed by atoms with Crippen molar-refractivity contribution >= 4 is 5.57 Å². The van der Waals surface area contributed by atoms with Crippen molar-refractivity contribution in [3.05, 3.63) is 192 Å². The molecule has 0 radical (unpaired) electrons. The van der Waals surface area contributed by atoms with Gasteiger partial charge in [0.1, 0.15) is 0 Å². The van der Waals surface area contributed by atoms with Gasteiger partial charge in [-0.25, -0.2) is 0 Å². The normalized spacial score (nSPS) is 21.0. The van der Waals surface area contributed by atoms with Crippen LogP contribution in [0.5, 0.6) is 0 Å². The van der Waals surface area contributed by atoms with E-state index in [9.17, 15) is 0 Å². The molecule has 0 amide bonds. The molecule has 1 aromatic heterocycles. The van der Waals surface area contributed by atoms with Crippen LogP contribution in [0.3, 0.4) is 0 Å². The predicted molar refractivity (Wildman–Crippen MR) is 209 cm³/mol. The second-order valence-corrected chi connectivity index (χ2v) is 13.7. The predicted octanol–water partition coefficient (Wildman–Crippen LogP) is 13.2. The summed E-state index contributed by atoms with van der Waals surface area (Å²) < 4.78 is 0. The highest BCUT2D eigenvalue weighted by Gasteiger charge is 2.34. The molecule has 1 heteroatoms. The fourth-order valence-corrected chi connectivity index (χ4v) is 8.17. The number of hydrogen-bond acceptors (Lipinski definition) is 1. The summed E-state index contributed by atoms with van der Waals surface area (Å²) >= 11 is 0. The van der Waals surface area contributed by atoms with Crippen LogP contribution in [0.1, 0.15) is 80.4 Å². The molecule has 0 saturated heterocycles. The third kappa shape index (κ3) is 7.52. The van der Waals surface area contributed by atoms with Gasteiger partial charge in [-0.05, 0) is 132 Å². The molecule has 244 valence electrons. The van der Waals surface area contributed by atoms with Crippen LogP contribution in [0.25, 0.3) is 28.0 Å². The van der Waals surface area contributed by atoms with Gasteiger partial charge in [-0.15, -0.1) is 0 Å². The van der Waals surface area contributed by atoms with E-state index in [0.29, 0.717) is 17.8 Å². The molecule has 1 saturated carbocycles. The van der Waals surface area contributed by atoms with Gasteiger partial charge < -0.3 is 0 Å².